The number of rotatable bonds is 5. The molecule has 1 aromatic carbocycles. The molecule has 2 saturated heterocycles. The van der Waals surface area contributed by atoms with Gasteiger partial charge in [0.15, 0.2) is 5.76 Å². The Balaban J connectivity index is 1.43. The summed E-state index contributed by atoms with van der Waals surface area (Å²) in [6, 6.07) is 7.19. The first-order chi connectivity index (χ1) is 15.7. The van der Waals surface area contributed by atoms with Crippen LogP contribution < -0.4 is 9.64 Å². The van der Waals surface area contributed by atoms with E-state index in [0.717, 1.165) is 0 Å². The van der Waals surface area contributed by atoms with Crippen LogP contribution in [-0.2, 0) is 19.6 Å². The van der Waals surface area contributed by atoms with E-state index < -0.39 is 15.9 Å². The van der Waals surface area contributed by atoms with Crippen LogP contribution in [0, 0.1) is 19.8 Å². The molecule has 2 aromatic rings. The second-order valence-electron chi connectivity index (χ2n) is 8.34. The molecule has 10 nitrogen and oxygen atoms in total. The number of sulfonamides is 1. The number of carbonyl (C=O) groups is 2. The van der Waals surface area contributed by atoms with E-state index in [2.05, 4.69) is 5.16 Å². The fourth-order valence-corrected chi connectivity index (χ4v) is 6.25. The third kappa shape index (κ3) is 4.47. The van der Waals surface area contributed by atoms with Gasteiger partial charge in [-0.15, -0.1) is 0 Å². The summed E-state index contributed by atoms with van der Waals surface area (Å²) in [5.74, 6) is 0.202. The Kier molecular flexibility index (Phi) is 6.44. The fraction of sp³-hybridized carbons (Fsp3) is 0.500. The average Bonchev–Trinajstić information content (AvgIpc) is 3.23. The Morgan fingerprint density at radius 2 is 1.97 bits per heavy atom. The molecule has 2 aliphatic heterocycles. The maximum Gasteiger partial charge on any atom is 0.248 e. The summed E-state index contributed by atoms with van der Waals surface area (Å²) in [4.78, 5) is 29.2. The van der Waals surface area contributed by atoms with Crippen molar-refractivity contribution in [1.29, 1.82) is 0 Å². The standard InChI is InChI=1S/C22H28N4O6S/c1-15-21(16(2)32-23-15)33(29,30)25-9-5-8-24(10-11-25)22(28)17-12-20(27)26(14-17)18-6-4-7-19(13-18)31-3/h4,6-7,13,17H,5,8-12,14H2,1-3H3. The van der Waals surface area contributed by atoms with Crippen molar-refractivity contribution in [3.63, 3.8) is 0 Å². The van der Waals surface area contributed by atoms with Crippen LogP contribution in [-0.4, -0.2) is 74.4 Å². The van der Waals surface area contributed by atoms with Crippen molar-refractivity contribution in [2.45, 2.75) is 31.6 Å². The van der Waals surface area contributed by atoms with Gasteiger partial charge in [-0.3, -0.25) is 9.59 Å². The van der Waals surface area contributed by atoms with Gasteiger partial charge in [0.05, 0.1) is 13.0 Å². The van der Waals surface area contributed by atoms with Crippen molar-refractivity contribution in [3.05, 3.63) is 35.7 Å². The van der Waals surface area contributed by atoms with Gasteiger partial charge in [-0.25, -0.2) is 8.42 Å². The summed E-state index contributed by atoms with van der Waals surface area (Å²) in [5, 5.41) is 3.76. The summed E-state index contributed by atoms with van der Waals surface area (Å²) < 4.78 is 37.9. The van der Waals surface area contributed by atoms with Gasteiger partial charge in [0, 0.05) is 50.9 Å². The predicted octanol–water partition coefficient (Wildman–Crippen LogP) is 1.58. The molecule has 11 heteroatoms. The Hall–Kier alpha value is -2.92. The van der Waals surface area contributed by atoms with Crippen LogP contribution in [0.3, 0.4) is 0 Å². The molecule has 3 heterocycles. The lowest BCUT2D eigenvalue weighted by molar-refractivity contribution is -0.135. The first-order valence-electron chi connectivity index (χ1n) is 10.9. The molecule has 2 amide bonds. The Labute approximate surface area is 193 Å². The predicted molar refractivity (Wildman–Crippen MR) is 119 cm³/mol. The maximum atomic E-state index is 13.2. The number of carbonyl (C=O) groups excluding carboxylic acids is 2. The van der Waals surface area contributed by atoms with Crippen molar-refractivity contribution in [1.82, 2.24) is 14.4 Å². The maximum absolute atomic E-state index is 13.2. The van der Waals surface area contributed by atoms with Gasteiger partial charge in [0.25, 0.3) is 0 Å². The zero-order chi connectivity index (χ0) is 23.8. The van der Waals surface area contributed by atoms with Gasteiger partial charge >= 0.3 is 0 Å². The van der Waals surface area contributed by atoms with Gasteiger partial charge in [-0.05, 0) is 32.4 Å². The summed E-state index contributed by atoms with van der Waals surface area (Å²) in [5.41, 5.74) is 1.02. The number of aromatic nitrogens is 1. The number of hydrogen-bond acceptors (Lipinski definition) is 7. The smallest absolute Gasteiger partial charge is 0.248 e. The molecule has 0 bridgehead atoms. The molecule has 178 valence electrons. The zero-order valence-corrected chi connectivity index (χ0v) is 19.8. The average molecular weight is 477 g/mol. The molecule has 0 aliphatic carbocycles. The highest BCUT2D eigenvalue weighted by molar-refractivity contribution is 7.89. The number of nitrogens with zero attached hydrogens (tertiary/aromatic N) is 4. The van der Waals surface area contributed by atoms with E-state index in [1.165, 1.54) is 4.31 Å². The van der Waals surface area contributed by atoms with E-state index in [1.54, 1.807) is 49.0 Å². The van der Waals surface area contributed by atoms with E-state index in [9.17, 15) is 18.0 Å². The van der Waals surface area contributed by atoms with Crippen LogP contribution in [0.1, 0.15) is 24.3 Å². The number of aryl methyl sites for hydroxylation is 2. The molecule has 0 radical (unpaired) electrons. The first-order valence-corrected chi connectivity index (χ1v) is 12.3. The Bertz CT molecular complexity index is 1140. The SMILES string of the molecule is COc1cccc(N2CC(C(=O)N3CCCN(S(=O)(=O)c4c(C)noc4C)CC3)CC2=O)c1. The van der Waals surface area contributed by atoms with Gasteiger partial charge < -0.3 is 19.1 Å². The normalized spacial score (nSPS) is 20.2. The van der Waals surface area contributed by atoms with Crippen molar-refractivity contribution in [2.24, 2.45) is 5.92 Å². The molecule has 0 N–H and O–H groups in total. The van der Waals surface area contributed by atoms with Crippen LogP contribution in [0.4, 0.5) is 5.69 Å². The van der Waals surface area contributed by atoms with Crippen LogP contribution in [0.2, 0.25) is 0 Å². The summed E-state index contributed by atoms with van der Waals surface area (Å²) in [7, 11) is -2.21. The van der Waals surface area contributed by atoms with Crippen LogP contribution in [0.25, 0.3) is 0 Å². The molecule has 0 saturated carbocycles. The fourth-order valence-electron chi connectivity index (χ4n) is 4.49. The van der Waals surface area contributed by atoms with E-state index >= 15 is 0 Å². The number of methoxy groups -OCH3 is 1. The minimum atomic E-state index is -3.77. The molecule has 1 unspecified atom stereocenters. The zero-order valence-electron chi connectivity index (χ0n) is 19.0. The lowest BCUT2D eigenvalue weighted by Crippen LogP contribution is -2.40. The molecular formula is C22H28N4O6S. The minimum Gasteiger partial charge on any atom is -0.497 e. The van der Waals surface area contributed by atoms with Crippen LogP contribution in [0.15, 0.2) is 33.7 Å². The minimum absolute atomic E-state index is 0.0950. The summed E-state index contributed by atoms with van der Waals surface area (Å²) in [6.07, 6.45) is 0.641. The summed E-state index contributed by atoms with van der Waals surface area (Å²) >= 11 is 0. The molecule has 1 aromatic heterocycles. The van der Waals surface area contributed by atoms with E-state index in [0.29, 0.717) is 43.2 Å². The second kappa shape index (κ2) is 9.14. The van der Waals surface area contributed by atoms with Crippen molar-refractivity contribution >= 4 is 27.5 Å². The van der Waals surface area contributed by atoms with E-state index in [-0.39, 0.29) is 42.0 Å². The van der Waals surface area contributed by atoms with Gasteiger partial charge in [0.1, 0.15) is 16.3 Å². The highest BCUT2D eigenvalue weighted by atomic mass is 32.2. The third-order valence-corrected chi connectivity index (χ3v) is 8.32. The number of anilines is 1. The van der Waals surface area contributed by atoms with Gasteiger partial charge in [-0.2, -0.15) is 4.31 Å². The van der Waals surface area contributed by atoms with Crippen molar-refractivity contribution in [3.8, 4) is 5.75 Å². The molecule has 4 rings (SSSR count). The van der Waals surface area contributed by atoms with E-state index in [1.807, 2.05) is 6.07 Å². The first kappa shape index (κ1) is 23.2. The molecule has 2 fully saturated rings. The van der Waals surface area contributed by atoms with Crippen molar-refractivity contribution < 1.29 is 27.3 Å². The van der Waals surface area contributed by atoms with Gasteiger partial charge in [0.2, 0.25) is 21.8 Å². The quantitative estimate of drug-likeness (QED) is 0.644. The highest BCUT2D eigenvalue weighted by Crippen LogP contribution is 2.29. The molecule has 33 heavy (non-hydrogen) atoms. The highest BCUT2D eigenvalue weighted by Gasteiger charge is 2.39. The lowest BCUT2D eigenvalue weighted by Gasteiger charge is -2.24. The molecular weight excluding hydrogens is 448 g/mol. The van der Waals surface area contributed by atoms with Crippen LogP contribution >= 0.6 is 0 Å². The number of amides is 2. The Morgan fingerprint density at radius 1 is 1.18 bits per heavy atom. The van der Waals surface area contributed by atoms with Gasteiger partial charge in [-0.1, -0.05) is 11.2 Å². The molecule has 2 aliphatic rings. The van der Waals surface area contributed by atoms with Crippen LogP contribution in [0.5, 0.6) is 5.75 Å². The molecule has 0 spiro atoms. The lowest BCUT2D eigenvalue weighted by atomic mass is 10.1. The van der Waals surface area contributed by atoms with E-state index in [4.69, 9.17) is 9.26 Å². The largest absolute Gasteiger partial charge is 0.497 e. The number of hydrogen-bond donors (Lipinski definition) is 0. The summed E-state index contributed by atoms with van der Waals surface area (Å²) in [6.45, 7) is 4.66. The Morgan fingerprint density at radius 3 is 2.67 bits per heavy atom. The number of benzene rings is 1. The van der Waals surface area contributed by atoms with Crippen molar-refractivity contribution in [2.75, 3.05) is 44.7 Å². The number of ether oxygens (including phenoxy) is 1. The topological polar surface area (TPSA) is 113 Å². The third-order valence-electron chi connectivity index (χ3n) is 6.17. The second-order valence-corrected chi connectivity index (χ2v) is 10.2. The monoisotopic (exact) mass is 476 g/mol. The molecule has 1 atom stereocenters.